The average molecular weight is 544 g/mol. The maximum Gasteiger partial charge on any atom is 0.439 e. The number of rotatable bonds is 5. The van der Waals surface area contributed by atoms with E-state index in [1.165, 1.54) is 6.07 Å². The number of nitrogens with zero attached hydrogens (tertiary/aromatic N) is 3. The fourth-order valence-electron chi connectivity index (χ4n) is 5.01. The number of benzene rings is 3. The minimum atomic E-state index is -1.20. The Labute approximate surface area is 225 Å². The number of aromatic amines is 1. The molecule has 40 heavy (non-hydrogen) atoms. The molecule has 0 fully saturated rings. The lowest BCUT2D eigenvalue weighted by atomic mass is 9.98. The molecule has 3 aromatic heterocycles. The summed E-state index contributed by atoms with van der Waals surface area (Å²) in [6, 6.07) is 11.0. The van der Waals surface area contributed by atoms with Gasteiger partial charge in [0, 0.05) is 41.0 Å². The molecule has 0 radical (unpaired) electrons. The Morgan fingerprint density at radius 2 is 1.88 bits per heavy atom. The van der Waals surface area contributed by atoms with Gasteiger partial charge in [0.25, 0.3) is 0 Å². The number of H-pyrrole nitrogens is 1. The Balaban J connectivity index is 1.50. The summed E-state index contributed by atoms with van der Waals surface area (Å²) in [6.45, 7) is 5.38. The van der Waals surface area contributed by atoms with Crippen LogP contribution in [0.4, 0.5) is 14.5 Å². The van der Waals surface area contributed by atoms with E-state index in [0.717, 1.165) is 28.1 Å². The first kappa shape index (κ1) is 25.2. The van der Waals surface area contributed by atoms with E-state index in [4.69, 9.17) is 4.42 Å². The third-order valence-corrected chi connectivity index (χ3v) is 6.88. The van der Waals surface area contributed by atoms with Crippen LogP contribution in [0, 0.1) is 25.5 Å². The van der Waals surface area contributed by atoms with Crippen molar-refractivity contribution in [1.29, 1.82) is 0 Å². The Hall–Kier alpha value is -5.06. The highest BCUT2D eigenvalue weighted by atomic mass is 19.2. The molecule has 202 valence electrons. The second-order valence-electron chi connectivity index (χ2n) is 9.79. The molecular formula is C29H23F2N5O4. The Kier molecular flexibility index (Phi) is 5.86. The molecule has 0 saturated carbocycles. The molecule has 6 aromatic rings. The molecule has 0 unspecified atom stereocenters. The third-order valence-electron chi connectivity index (χ3n) is 6.88. The first-order valence-corrected chi connectivity index (χ1v) is 12.4. The van der Waals surface area contributed by atoms with Crippen molar-refractivity contribution < 1.29 is 17.7 Å². The molecule has 0 spiro atoms. The predicted molar refractivity (Wildman–Crippen MR) is 146 cm³/mol. The summed E-state index contributed by atoms with van der Waals surface area (Å²) < 4.78 is 41.7. The van der Waals surface area contributed by atoms with Crippen molar-refractivity contribution in [2.24, 2.45) is 7.05 Å². The number of aromatic nitrogens is 4. The number of hydrogen-bond acceptors (Lipinski definition) is 7. The molecule has 2 N–H and O–H groups in total. The lowest BCUT2D eigenvalue weighted by Gasteiger charge is -2.20. The van der Waals surface area contributed by atoms with Gasteiger partial charge in [-0.2, -0.15) is 5.10 Å². The minimum absolute atomic E-state index is 0.155. The van der Waals surface area contributed by atoms with Gasteiger partial charge in [-0.3, -0.25) is 19.0 Å². The zero-order chi connectivity index (χ0) is 28.3. The summed E-state index contributed by atoms with van der Waals surface area (Å²) in [5.41, 5.74) is 3.50. The van der Waals surface area contributed by atoms with Crippen LogP contribution in [0.25, 0.3) is 44.6 Å². The largest absolute Gasteiger partial charge is 0.455 e. The molecule has 0 saturated heterocycles. The van der Waals surface area contributed by atoms with Crippen molar-refractivity contribution in [3.8, 4) is 22.7 Å². The van der Waals surface area contributed by atoms with Crippen molar-refractivity contribution in [2.75, 3.05) is 5.32 Å². The number of aryl methyl sites for hydroxylation is 2. The molecule has 3 aromatic carbocycles. The molecule has 0 aliphatic carbocycles. The molecule has 0 aliphatic rings. The highest BCUT2D eigenvalue weighted by Gasteiger charge is 2.23. The molecule has 6 rings (SSSR count). The van der Waals surface area contributed by atoms with Crippen LogP contribution in [0.5, 0.6) is 0 Å². The highest BCUT2D eigenvalue weighted by Crippen LogP contribution is 2.36. The third kappa shape index (κ3) is 4.15. The number of fused-ring (bicyclic) bond motifs is 2. The van der Waals surface area contributed by atoms with E-state index in [1.807, 2.05) is 44.4 Å². The maximum atomic E-state index is 14.9. The summed E-state index contributed by atoms with van der Waals surface area (Å²) in [5.74, 6) is -3.06. The molecule has 11 heteroatoms. The van der Waals surface area contributed by atoms with Gasteiger partial charge in [-0.25, -0.2) is 13.6 Å². The quantitative estimate of drug-likeness (QED) is 0.284. The summed E-state index contributed by atoms with van der Waals surface area (Å²) in [5, 5.41) is 12.4. The molecule has 0 amide bonds. The van der Waals surface area contributed by atoms with Crippen LogP contribution in [0.3, 0.4) is 0 Å². The zero-order valence-corrected chi connectivity index (χ0v) is 21.9. The van der Waals surface area contributed by atoms with E-state index >= 15 is 0 Å². The Morgan fingerprint density at radius 3 is 2.62 bits per heavy atom. The van der Waals surface area contributed by atoms with Crippen molar-refractivity contribution in [2.45, 2.75) is 26.8 Å². The molecule has 3 heterocycles. The average Bonchev–Trinajstić information content (AvgIpc) is 3.51. The van der Waals surface area contributed by atoms with E-state index in [9.17, 15) is 18.4 Å². The van der Waals surface area contributed by atoms with Crippen LogP contribution in [0.15, 0.2) is 67.2 Å². The van der Waals surface area contributed by atoms with Crippen molar-refractivity contribution in [3.63, 3.8) is 0 Å². The summed E-state index contributed by atoms with van der Waals surface area (Å²) in [7, 11) is 1.84. The fraction of sp³-hybridized carbons (Fsp3) is 0.172. The topological polar surface area (TPSA) is 119 Å². The number of nitrogens with one attached hydrogen (secondary N) is 2. The van der Waals surface area contributed by atoms with Gasteiger partial charge in [0.05, 0.1) is 22.5 Å². The monoisotopic (exact) mass is 543 g/mol. The van der Waals surface area contributed by atoms with E-state index in [0.29, 0.717) is 27.9 Å². The van der Waals surface area contributed by atoms with Crippen LogP contribution in [0.2, 0.25) is 0 Å². The van der Waals surface area contributed by atoms with Gasteiger partial charge in [0.2, 0.25) is 0 Å². The molecule has 0 aliphatic heterocycles. The smallest absolute Gasteiger partial charge is 0.439 e. The van der Waals surface area contributed by atoms with Crippen LogP contribution < -0.4 is 16.5 Å². The van der Waals surface area contributed by atoms with E-state index in [2.05, 4.69) is 25.1 Å². The standard InChI is InChI=1S/C29H23F2N5O4/c1-13-9-18(15(3)32-22-8-6-20(30)24(31)23(22)28-33-29(38)40-35-28)27-19(10-13)25(37)14(2)26(39-27)16-5-7-21-17(11-16)12-36(4)34-21/h5-12,15,32H,1-4H3,(H,33,35,38)/t15-/m1/s1. The number of anilines is 1. The SMILES string of the molecule is Cc1cc([C@@H](C)Nc2ccc(F)c(F)c2-c2noc(=O)[nH]2)c2oc(-c3ccc4nn(C)cc4c3)c(C)c(=O)c2c1. The molecular weight excluding hydrogens is 520 g/mol. The first-order valence-electron chi connectivity index (χ1n) is 12.4. The fourth-order valence-corrected chi connectivity index (χ4v) is 5.01. The van der Waals surface area contributed by atoms with E-state index < -0.39 is 23.4 Å². The second kappa shape index (κ2) is 9.30. The van der Waals surface area contributed by atoms with Gasteiger partial charge >= 0.3 is 5.76 Å². The second-order valence-corrected chi connectivity index (χ2v) is 9.79. The highest BCUT2D eigenvalue weighted by molar-refractivity contribution is 5.87. The molecule has 0 bridgehead atoms. The minimum Gasteiger partial charge on any atom is -0.455 e. The van der Waals surface area contributed by atoms with Crippen LogP contribution >= 0.6 is 0 Å². The van der Waals surface area contributed by atoms with Gasteiger partial charge < -0.3 is 9.73 Å². The summed E-state index contributed by atoms with van der Waals surface area (Å²) >= 11 is 0. The summed E-state index contributed by atoms with van der Waals surface area (Å²) in [4.78, 5) is 27.3. The van der Waals surface area contributed by atoms with Crippen LogP contribution in [0.1, 0.15) is 29.7 Å². The van der Waals surface area contributed by atoms with Crippen molar-refractivity contribution >= 4 is 27.6 Å². The first-order chi connectivity index (χ1) is 19.1. The van der Waals surface area contributed by atoms with Gasteiger partial charge in [0.1, 0.15) is 11.3 Å². The lowest BCUT2D eigenvalue weighted by Crippen LogP contribution is -2.13. The predicted octanol–water partition coefficient (Wildman–Crippen LogP) is 5.76. The van der Waals surface area contributed by atoms with Crippen LogP contribution in [-0.2, 0) is 7.05 Å². The number of hydrogen-bond donors (Lipinski definition) is 2. The Morgan fingerprint density at radius 1 is 1.07 bits per heavy atom. The van der Waals surface area contributed by atoms with Crippen LogP contribution in [-0.4, -0.2) is 19.9 Å². The van der Waals surface area contributed by atoms with Crippen molar-refractivity contribution in [3.05, 3.63) is 97.8 Å². The van der Waals surface area contributed by atoms with E-state index in [1.54, 1.807) is 24.6 Å². The number of halogens is 2. The normalized spacial score (nSPS) is 12.3. The van der Waals surface area contributed by atoms with Gasteiger partial charge in [-0.1, -0.05) is 11.2 Å². The maximum absolute atomic E-state index is 14.9. The zero-order valence-electron chi connectivity index (χ0n) is 21.9. The molecule has 9 nitrogen and oxygen atoms in total. The lowest BCUT2D eigenvalue weighted by molar-refractivity contribution is 0.387. The summed E-state index contributed by atoms with van der Waals surface area (Å²) in [6.07, 6.45) is 1.88. The van der Waals surface area contributed by atoms with E-state index in [-0.39, 0.29) is 22.5 Å². The molecule has 1 atom stereocenters. The van der Waals surface area contributed by atoms with Crippen molar-refractivity contribution in [1.82, 2.24) is 19.9 Å². The van der Waals surface area contributed by atoms with Gasteiger partial charge in [-0.15, -0.1) is 0 Å². The Bertz CT molecular complexity index is 2070. The van der Waals surface area contributed by atoms with Gasteiger partial charge in [0.15, 0.2) is 22.9 Å². The van der Waals surface area contributed by atoms with Gasteiger partial charge in [-0.05, 0) is 62.7 Å².